The van der Waals surface area contributed by atoms with E-state index in [4.69, 9.17) is 5.73 Å². The van der Waals surface area contributed by atoms with Crippen LogP contribution in [-0.4, -0.2) is 28.0 Å². The number of amides is 1. The first-order valence-electron chi connectivity index (χ1n) is 6.39. The van der Waals surface area contributed by atoms with Crippen molar-refractivity contribution in [2.45, 2.75) is 45.2 Å². The van der Waals surface area contributed by atoms with Crippen molar-refractivity contribution in [2.24, 2.45) is 5.73 Å². The molecule has 1 aliphatic rings. The number of hydrogen-bond acceptors (Lipinski definition) is 4. The summed E-state index contributed by atoms with van der Waals surface area (Å²) in [5.74, 6) is 0.0912. The number of aromatic nitrogens is 1. The van der Waals surface area contributed by atoms with Gasteiger partial charge < -0.3 is 11.2 Å². The summed E-state index contributed by atoms with van der Waals surface area (Å²) in [6.07, 6.45) is 5.20. The number of hydrazine groups is 1. The molecule has 2 heterocycles. The molecular weight excluding hydrogens is 228 g/mol. The summed E-state index contributed by atoms with van der Waals surface area (Å²) >= 11 is 0. The van der Waals surface area contributed by atoms with Crippen LogP contribution in [0.2, 0.25) is 0 Å². The Bertz CT molecular complexity index is 425. The fourth-order valence-electron chi connectivity index (χ4n) is 2.46. The third-order valence-electron chi connectivity index (χ3n) is 3.50. The van der Waals surface area contributed by atoms with Crippen LogP contribution < -0.4 is 11.2 Å². The molecule has 5 heteroatoms. The summed E-state index contributed by atoms with van der Waals surface area (Å²) in [6, 6.07) is 4.26. The summed E-state index contributed by atoms with van der Waals surface area (Å²) in [4.78, 5) is 15.6. The maximum Gasteiger partial charge on any atom is 0.252 e. The van der Waals surface area contributed by atoms with E-state index in [1.54, 1.807) is 18.3 Å². The largest absolute Gasteiger partial charge is 0.365 e. The van der Waals surface area contributed by atoms with E-state index in [1.165, 1.54) is 6.42 Å². The summed E-state index contributed by atoms with van der Waals surface area (Å²) in [5.41, 5.74) is 9.04. The summed E-state index contributed by atoms with van der Waals surface area (Å²) in [7, 11) is 0. The van der Waals surface area contributed by atoms with E-state index in [-0.39, 0.29) is 0 Å². The maximum absolute atomic E-state index is 11.4. The van der Waals surface area contributed by atoms with Crippen LogP contribution in [0.5, 0.6) is 0 Å². The second-order valence-corrected chi connectivity index (χ2v) is 4.91. The summed E-state index contributed by atoms with van der Waals surface area (Å²) in [5, 5.41) is 2.16. The Morgan fingerprint density at radius 3 is 2.72 bits per heavy atom. The fraction of sp³-hybridized carbons (Fsp3) is 0.538. The van der Waals surface area contributed by atoms with Gasteiger partial charge in [-0.1, -0.05) is 6.42 Å². The van der Waals surface area contributed by atoms with Crippen LogP contribution >= 0.6 is 0 Å². The standard InChI is InChI=1S/C13H20N4O/c1-9-5-3-6-10(2)17(9)16-13-11(12(14)18)7-4-8-15-13/h4,7-10H,3,5-6H2,1-2H3,(H2,14,18)(H,15,16). The molecule has 2 unspecified atom stereocenters. The molecule has 1 fully saturated rings. The van der Waals surface area contributed by atoms with E-state index in [0.717, 1.165) is 12.8 Å². The van der Waals surface area contributed by atoms with Crippen LogP contribution in [-0.2, 0) is 0 Å². The van der Waals surface area contributed by atoms with Gasteiger partial charge in [-0.3, -0.25) is 4.79 Å². The number of hydrogen-bond donors (Lipinski definition) is 2. The molecule has 1 aliphatic heterocycles. The van der Waals surface area contributed by atoms with Crippen molar-refractivity contribution in [3.63, 3.8) is 0 Å². The van der Waals surface area contributed by atoms with E-state index >= 15 is 0 Å². The summed E-state index contributed by atoms with van der Waals surface area (Å²) < 4.78 is 0. The Balaban J connectivity index is 2.20. The van der Waals surface area contributed by atoms with Crippen molar-refractivity contribution in [1.82, 2.24) is 9.99 Å². The van der Waals surface area contributed by atoms with E-state index in [1.807, 2.05) is 0 Å². The van der Waals surface area contributed by atoms with Crippen molar-refractivity contribution in [1.29, 1.82) is 0 Å². The van der Waals surface area contributed by atoms with E-state index < -0.39 is 5.91 Å². The highest BCUT2D eigenvalue weighted by molar-refractivity contribution is 5.97. The highest BCUT2D eigenvalue weighted by Crippen LogP contribution is 2.23. The quantitative estimate of drug-likeness (QED) is 0.855. The van der Waals surface area contributed by atoms with Gasteiger partial charge in [0, 0.05) is 18.3 Å². The highest BCUT2D eigenvalue weighted by atomic mass is 16.1. The molecule has 0 bridgehead atoms. The van der Waals surface area contributed by atoms with Gasteiger partial charge in [0.2, 0.25) is 0 Å². The zero-order valence-corrected chi connectivity index (χ0v) is 10.9. The predicted octanol–water partition coefficient (Wildman–Crippen LogP) is 1.77. The van der Waals surface area contributed by atoms with Crippen LogP contribution in [0.4, 0.5) is 5.82 Å². The minimum absolute atomic E-state index is 0.427. The Hall–Kier alpha value is -1.62. The van der Waals surface area contributed by atoms with Crippen LogP contribution in [0.1, 0.15) is 43.5 Å². The van der Waals surface area contributed by atoms with E-state index in [0.29, 0.717) is 23.5 Å². The first-order chi connectivity index (χ1) is 8.59. The SMILES string of the molecule is CC1CCCC(C)N1Nc1ncccc1C(N)=O. The van der Waals surface area contributed by atoms with Gasteiger partial charge in [0.1, 0.15) is 0 Å². The molecule has 0 aromatic carbocycles. The smallest absolute Gasteiger partial charge is 0.252 e. The number of nitrogens with zero attached hydrogens (tertiary/aromatic N) is 2. The first kappa shape index (κ1) is 12.8. The Morgan fingerprint density at radius 2 is 2.11 bits per heavy atom. The number of pyridine rings is 1. The number of carbonyl (C=O) groups excluding carboxylic acids is 1. The molecule has 1 aromatic rings. The maximum atomic E-state index is 11.4. The molecule has 1 saturated heterocycles. The third-order valence-corrected chi connectivity index (χ3v) is 3.50. The number of rotatable bonds is 3. The van der Waals surface area contributed by atoms with Gasteiger partial charge in [-0.2, -0.15) is 0 Å². The topological polar surface area (TPSA) is 71.2 Å². The molecule has 0 saturated carbocycles. The minimum atomic E-state index is -0.456. The fourth-order valence-corrected chi connectivity index (χ4v) is 2.46. The monoisotopic (exact) mass is 248 g/mol. The molecule has 3 N–H and O–H groups in total. The number of nitrogens with one attached hydrogen (secondary N) is 1. The van der Waals surface area contributed by atoms with Gasteiger partial charge in [0.15, 0.2) is 5.82 Å². The lowest BCUT2D eigenvalue weighted by atomic mass is 10.00. The van der Waals surface area contributed by atoms with Crippen molar-refractivity contribution in [2.75, 3.05) is 5.43 Å². The average Bonchev–Trinajstić information content (AvgIpc) is 2.34. The van der Waals surface area contributed by atoms with Crippen LogP contribution in [0.3, 0.4) is 0 Å². The molecule has 2 atom stereocenters. The Morgan fingerprint density at radius 1 is 1.44 bits per heavy atom. The molecule has 18 heavy (non-hydrogen) atoms. The zero-order chi connectivity index (χ0) is 13.1. The van der Waals surface area contributed by atoms with E-state index in [9.17, 15) is 4.79 Å². The highest BCUT2D eigenvalue weighted by Gasteiger charge is 2.25. The minimum Gasteiger partial charge on any atom is -0.365 e. The van der Waals surface area contributed by atoms with Gasteiger partial charge >= 0.3 is 0 Å². The van der Waals surface area contributed by atoms with Crippen LogP contribution in [0.15, 0.2) is 18.3 Å². The molecule has 2 rings (SSSR count). The lowest BCUT2D eigenvalue weighted by molar-refractivity contribution is 0.0998. The molecule has 98 valence electrons. The van der Waals surface area contributed by atoms with Crippen molar-refractivity contribution in [3.05, 3.63) is 23.9 Å². The molecule has 1 aromatic heterocycles. The first-order valence-corrected chi connectivity index (χ1v) is 6.39. The number of anilines is 1. The normalized spacial score (nSPS) is 24.8. The van der Waals surface area contributed by atoms with Crippen LogP contribution in [0.25, 0.3) is 0 Å². The lowest BCUT2D eigenvalue weighted by Crippen LogP contribution is -2.47. The predicted molar refractivity (Wildman–Crippen MR) is 71.0 cm³/mol. The Labute approximate surface area is 107 Å². The van der Waals surface area contributed by atoms with Crippen molar-refractivity contribution in [3.8, 4) is 0 Å². The number of piperidine rings is 1. The third kappa shape index (κ3) is 2.61. The second-order valence-electron chi connectivity index (χ2n) is 4.91. The zero-order valence-electron chi connectivity index (χ0n) is 10.9. The number of primary amides is 1. The average molecular weight is 248 g/mol. The van der Waals surface area contributed by atoms with Crippen molar-refractivity contribution < 1.29 is 4.79 Å². The van der Waals surface area contributed by atoms with Gasteiger partial charge in [-0.15, -0.1) is 0 Å². The molecular formula is C13H20N4O. The molecule has 5 nitrogen and oxygen atoms in total. The van der Waals surface area contributed by atoms with Crippen LogP contribution in [0, 0.1) is 0 Å². The molecule has 0 radical (unpaired) electrons. The molecule has 1 amide bonds. The Kier molecular flexibility index (Phi) is 3.81. The number of nitrogens with two attached hydrogens (primary N) is 1. The van der Waals surface area contributed by atoms with Gasteiger partial charge in [0.05, 0.1) is 5.56 Å². The summed E-state index contributed by atoms with van der Waals surface area (Å²) in [6.45, 7) is 4.35. The molecule has 0 aliphatic carbocycles. The number of carbonyl (C=O) groups is 1. The van der Waals surface area contributed by atoms with Gasteiger partial charge in [0.25, 0.3) is 5.91 Å². The van der Waals surface area contributed by atoms with Crippen molar-refractivity contribution >= 4 is 11.7 Å². The second kappa shape index (κ2) is 5.35. The van der Waals surface area contributed by atoms with Gasteiger partial charge in [-0.25, -0.2) is 9.99 Å². The lowest BCUT2D eigenvalue weighted by Gasteiger charge is -2.39. The molecule has 0 spiro atoms. The van der Waals surface area contributed by atoms with Gasteiger partial charge in [-0.05, 0) is 38.8 Å². The van der Waals surface area contributed by atoms with E-state index in [2.05, 4.69) is 29.3 Å².